The lowest BCUT2D eigenvalue weighted by Crippen LogP contribution is -2.28. The van der Waals surface area contributed by atoms with Gasteiger partial charge in [-0.15, -0.1) is 0 Å². The number of benzene rings is 1. The summed E-state index contributed by atoms with van der Waals surface area (Å²) in [4.78, 5) is 10.9. The van der Waals surface area contributed by atoms with Gasteiger partial charge < -0.3 is 9.84 Å². The number of halogens is 2. The molecule has 0 radical (unpaired) electrons. The molecule has 0 bridgehead atoms. The van der Waals surface area contributed by atoms with Gasteiger partial charge in [0.25, 0.3) is 0 Å². The highest BCUT2D eigenvalue weighted by molar-refractivity contribution is 6.30. The van der Waals surface area contributed by atoms with Crippen molar-refractivity contribution in [1.29, 1.82) is 0 Å². The fourth-order valence-electron chi connectivity index (χ4n) is 1.80. The number of ether oxygens (including phenoxy) is 1. The highest BCUT2D eigenvalue weighted by Gasteiger charge is 2.37. The zero-order chi connectivity index (χ0) is 12.4. The number of hydrogen-bond acceptors (Lipinski definition) is 3. The Balaban J connectivity index is 2.00. The van der Waals surface area contributed by atoms with E-state index >= 15 is 0 Å². The van der Waals surface area contributed by atoms with Crippen LogP contribution in [0.4, 0.5) is 0 Å². The van der Waals surface area contributed by atoms with Crippen molar-refractivity contribution in [2.75, 3.05) is 6.54 Å². The lowest BCUT2D eigenvalue weighted by atomic mass is 10.2. The van der Waals surface area contributed by atoms with E-state index in [1.54, 1.807) is 24.3 Å². The third kappa shape index (κ3) is 3.03. The molecule has 6 heteroatoms. The van der Waals surface area contributed by atoms with Crippen molar-refractivity contribution in [3.05, 3.63) is 29.3 Å². The Morgan fingerprint density at radius 2 is 2.29 bits per heavy atom. The van der Waals surface area contributed by atoms with E-state index in [9.17, 15) is 4.79 Å². The molecule has 1 aliphatic heterocycles. The van der Waals surface area contributed by atoms with Gasteiger partial charge in [-0.25, -0.2) is 4.42 Å². The average Bonchev–Trinajstić information content (AvgIpc) is 2.59. The van der Waals surface area contributed by atoms with E-state index in [1.165, 1.54) is 4.42 Å². The van der Waals surface area contributed by atoms with Crippen LogP contribution in [0.1, 0.15) is 6.42 Å². The van der Waals surface area contributed by atoms with Gasteiger partial charge in [0.2, 0.25) is 0 Å². The van der Waals surface area contributed by atoms with Crippen LogP contribution in [-0.2, 0) is 4.79 Å². The quantitative estimate of drug-likeness (QED) is 0.861. The number of nitrogens with zero attached hydrogens (tertiary/aromatic N) is 1. The number of carboxylic acids is 1. The smallest absolute Gasteiger partial charge is 0.322 e. The van der Waals surface area contributed by atoms with E-state index in [2.05, 4.69) is 0 Å². The average molecular weight is 276 g/mol. The minimum absolute atomic E-state index is 0.230. The van der Waals surface area contributed by atoms with Crippen LogP contribution in [0.3, 0.4) is 0 Å². The predicted molar refractivity (Wildman–Crippen MR) is 64.5 cm³/mol. The number of rotatable bonds is 3. The summed E-state index contributed by atoms with van der Waals surface area (Å²) < 4.78 is 6.89. The first kappa shape index (κ1) is 12.5. The maximum Gasteiger partial charge on any atom is 0.322 e. The van der Waals surface area contributed by atoms with Gasteiger partial charge in [-0.2, -0.15) is 0 Å². The lowest BCUT2D eigenvalue weighted by molar-refractivity contribution is -0.140. The van der Waals surface area contributed by atoms with Crippen molar-refractivity contribution in [1.82, 2.24) is 4.42 Å². The number of carbonyl (C=O) groups is 1. The molecule has 1 heterocycles. The van der Waals surface area contributed by atoms with Crippen LogP contribution >= 0.6 is 23.4 Å². The SMILES string of the molecule is O=C(O)C1CC(Oc2cccc(Cl)c2)CN1Cl. The topological polar surface area (TPSA) is 49.8 Å². The minimum atomic E-state index is -0.933. The van der Waals surface area contributed by atoms with Crippen LogP contribution in [0.2, 0.25) is 5.02 Å². The zero-order valence-electron chi connectivity index (χ0n) is 8.85. The van der Waals surface area contributed by atoms with Crippen molar-refractivity contribution in [3.63, 3.8) is 0 Å². The van der Waals surface area contributed by atoms with Crippen LogP contribution in [0, 0.1) is 0 Å². The number of carboxylic acid groups (broad SMARTS) is 1. The number of aliphatic carboxylic acids is 1. The first-order valence-electron chi connectivity index (χ1n) is 5.13. The molecule has 0 amide bonds. The van der Waals surface area contributed by atoms with Gasteiger partial charge in [-0.05, 0) is 30.0 Å². The van der Waals surface area contributed by atoms with Crippen LogP contribution in [-0.4, -0.2) is 34.2 Å². The molecule has 0 spiro atoms. The van der Waals surface area contributed by atoms with Crippen LogP contribution < -0.4 is 4.74 Å². The molecule has 1 saturated heterocycles. The van der Waals surface area contributed by atoms with Gasteiger partial charge in [0, 0.05) is 11.4 Å². The van der Waals surface area contributed by atoms with Gasteiger partial charge in [0.1, 0.15) is 17.9 Å². The molecule has 92 valence electrons. The largest absolute Gasteiger partial charge is 0.489 e. The fraction of sp³-hybridized carbons (Fsp3) is 0.364. The Morgan fingerprint density at radius 3 is 2.88 bits per heavy atom. The predicted octanol–water partition coefficient (Wildman–Crippen LogP) is 2.40. The molecule has 2 rings (SSSR count). The Labute approximate surface area is 109 Å². The lowest BCUT2D eigenvalue weighted by Gasteiger charge is -2.12. The Morgan fingerprint density at radius 1 is 1.53 bits per heavy atom. The molecular weight excluding hydrogens is 265 g/mol. The van der Waals surface area contributed by atoms with Gasteiger partial charge in [-0.1, -0.05) is 17.7 Å². The number of hydrogen-bond donors (Lipinski definition) is 1. The molecule has 1 fully saturated rings. The van der Waals surface area contributed by atoms with Crippen molar-refractivity contribution in [2.45, 2.75) is 18.6 Å². The Kier molecular flexibility index (Phi) is 3.76. The summed E-state index contributed by atoms with van der Waals surface area (Å²) in [5.41, 5.74) is 0. The van der Waals surface area contributed by atoms with Gasteiger partial charge in [-0.3, -0.25) is 4.79 Å². The van der Waals surface area contributed by atoms with Gasteiger partial charge in [0.05, 0.1) is 6.54 Å². The maximum atomic E-state index is 10.9. The summed E-state index contributed by atoms with van der Waals surface area (Å²) >= 11 is 11.6. The third-order valence-electron chi connectivity index (χ3n) is 2.59. The molecule has 0 saturated carbocycles. The van der Waals surface area contributed by atoms with Crippen molar-refractivity contribution < 1.29 is 14.6 Å². The van der Waals surface area contributed by atoms with E-state index < -0.39 is 12.0 Å². The molecule has 0 aromatic heterocycles. The fourth-order valence-corrected chi connectivity index (χ4v) is 2.30. The second kappa shape index (κ2) is 5.12. The van der Waals surface area contributed by atoms with Crippen molar-refractivity contribution in [3.8, 4) is 5.75 Å². The zero-order valence-corrected chi connectivity index (χ0v) is 10.4. The second-order valence-electron chi connectivity index (χ2n) is 3.87. The molecule has 1 N–H and O–H groups in total. The molecule has 1 aliphatic rings. The normalized spacial score (nSPS) is 24.8. The highest BCUT2D eigenvalue weighted by Crippen LogP contribution is 2.25. The Bertz CT molecular complexity index is 427. The van der Waals surface area contributed by atoms with E-state index in [4.69, 9.17) is 33.2 Å². The molecule has 4 nitrogen and oxygen atoms in total. The summed E-state index contributed by atoms with van der Waals surface area (Å²) in [5, 5.41) is 9.49. The summed E-state index contributed by atoms with van der Waals surface area (Å²) in [6.07, 6.45) is 0.137. The van der Waals surface area contributed by atoms with Gasteiger partial charge in [0.15, 0.2) is 0 Å². The first-order chi connectivity index (χ1) is 8.06. The molecule has 1 aromatic rings. The van der Waals surface area contributed by atoms with E-state index in [1.807, 2.05) is 0 Å². The highest BCUT2D eigenvalue weighted by atomic mass is 35.5. The van der Waals surface area contributed by atoms with Crippen LogP contribution in [0.15, 0.2) is 24.3 Å². The molecule has 1 aromatic carbocycles. The molecule has 17 heavy (non-hydrogen) atoms. The van der Waals surface area contributed by atoms with Gasteiger partial charge >= 0.3 is 5.97 Å². The molecular formula is C11H11Cl2NO3. The van der Waals surface area contributed by atoms with Crippen LogP contribution in [0.5, 0.6) is 5.75 Å². The van der Waals surface area contributed by atoms with Crippen LogP contribution in [0.25, 0.3) is 0 Å². The third-order valence-corrected chi connectivity index (χ3v) is 3.19. The van der Waals surface area contributed by atoms with E-state index in [0.29, 0.717) is 23.7 Å². The summed E-state index contributed by atoms with van der Waals surface area (Å²) in [6, 6.07) is 6.30. The molecule has 2 unspecified atom stereocenters. The second-order valence-corrected chi connectivity index (χ2v) is 4.74. The Hall–Kier alpha value is -0.970. The monoisotopic (exact) mass is 275 g/mol. The van der Waals surface area contributed by atoms with Crippen molar-refractivity contribution in [2.24, 2.45) is 0 Å². The van der Waals surface area contributed by atoms with E-state index in [0.717, 1.165) is 0 Å². The summed E-state index contributed by atoms with van der Waals surface area (Å²) in [6.45, 7) is 0.380. The van der Waals surface area contributed by atoms with Crippen molar-refractivity contribution >= 4 is 29.3 Å². The first-order valence-corrected chi connectivity index (χ1v) is 5.85. The maximum absolute atomic E-state index is 10.9. The van der Waals surface area contributed by atoms with E-state index in [-0.39, 0.29) is 6.10 Å². The standard InChI is InChI=1S/C11H11Cl2NO3/c12-7-2-1-3-8(4-7)17-9-5-10(11(15)16)14(13)6-9/h1-4,9-10H,5-6H2,(H,15,16). The molecule has 2 atom stereocenters. The molecule has 0 aliphatic carbocycles. The summed E-state index contributed by atoms with van der Waals surface area (Å²) in [5.74, 6) is -0.309. The minimum Gasteiger partial charge on any atom is -0.489 e. The summed E-state index contributed by atoms with van der Waals surface area (Å²) in [7, 11) is 0.